The molecule has 6 heteroatoms. The van der Waals surface area contributed by atoms with Gasteiger partial charge in [-0.15, -0.1) is 0 Å². The van der Waals surface area contributed by atoms with Gasteiger partial charge in [0, 0.05) is 7.11 Å². The van der Waals surface area contributed by atoms with Crippen LogP contribution < -0.4 is 14.2 Å². The van der Waals surface area contributed by atoms with Crippen LogP contribution in [0.4, 0.5) is 0 Å². The average molecular weight is 372 g/mol. The van der Waals surface area contributed by atoms with Crippen LogP contribution in [0.1, 0.15) is 28.4 Å². The summed E-state index contributed by atoms with van der Waals surface area (Å²) in [5, 5.41) is 0. The molecule has 0 unspecified atom stereocenters. The molecule has 0 N–H and O–H groups in total. The molecule has 2 aromatic carbocycles. The van der Waals surface area contributed by atoms with Gasteiger partial charge in [-0.05, 0) is 42.3 Å². The first-order chi connectivity index (χ1) is 13.1. The molecule has 27 heavy (non-hydrogen) atoms. The van der Waals surface area contributed by atoms with Gasteiger partial charge in [0.2, 0.25) is 0 Å². The number of carbonyl (C=O) groups is 1. The molecule has 0 bridgehead atoms. The Hall–Kier alpha value is -2.99. The van der Waals surface area contributed by atoms with Crippen molar-refractivity contribution in [3.8, 4) is 17.2 Å². The van der Waals surface area contributed by atoms with Crippen molar-refractivity contribution in [1.82, 2.24) is 0 Å². The van der Waals surface area contributed by atoms with Crippen molar-refractivity contribution in [1.29, 1.82) is 0 Å². The van der Waals surface area contributed by atoms with Gasteiger partial charge >= 0.3 is 5.97 Å². The molecule has 6 nitrogen and oxygen atoms in total. The number of ether oxygens (including phenoxy) is 5. The maximum Gasteiger partial charge on any atom is 0.341 e. The van der Waals surface area contributed by atoms with E-state index in [1.807, 2.05) is 36.4 Å². The van der Waals surface area contributed by atoms with Crippen molar-refractivity contribution >= 4 is 18.1 Å². The summed E-state index contributed by atoms with van der Waals surface area (Å²) in [4.78, 5) is 12.2. The lowest BCUT2D eigenvalue weighted by Gasteiger charge is -2.11. The minimum absolute atomic E-state index is 0.0488. The van der Waals surface area contributed by atoms with Crippen molar-refractivity contribution in [3.05, 3.63) is 53.1 Å². The van der Waals surface area contributed by atoms with Crippen LogP contribution in [0.25, 0.3) is 12.2 Å². The van der Waals surface area contributed by atoms with E-state index in [0.717, 1.165) is 11.1 Å². The maximum absolute atomic E-state index is 12.2. The van der Waals surface area contributed by atoms with E-state index in [9.17, 15) is 4.79 Å². The topological polar surface area (TPSA) is 63.2 Å². The summed E-state index contributed by atoms with van der Waals surface area (Å²) in [5.41, 5.74) is 2.12. The molecule has 0 atom stereocenters. The molecule has 2 aromatic rings. The second kappa shape index (κ2) is 10.2. The summed E-state index contributed by atoms with van der Waals surface area (Å²) in [6.45, 7) is 2.09. The Kier molecular flexibility index (Phi) is 7.70. The Labute approximate surface area is 159 Å². The third-order valence-electron chi connectivity index (χ3n) is 3.71. The summed E-state index contributed by atoms with van der Waals surface area (Å²) in [5.74, 6) is 1.29. The molecule has 0 radical (unpaired) electrons. The first-order valence-electron chi connectivity index (χ1n) is 8.46. The standard InChI is InChI=1S/C21H24O6/c1-5-26-21(22)17-12-15(8-10-18(17)27-14-23-2)6-7-16-9-11-19(24-3)20(13-16)25-4/h6-13H,5,14H2,1-4H3/b7-6+. The Morgan fingerprint density at radius 3 is 2.11 bits per heavy atom. The quantitative estimate of drug-likeness (QED) is 0.376. The molecule has 0 saturated heterocycles. The van der Waals surface area contributed by atoms with Crippen LogP contribution in [0.5, 0.6) is 17.2 Å². The molecule has 0 spiro atoms. The highest BCUT2D eigenvalue weighted by Crippen LogP contribution is 2.28. The smallest absolute Gasteiger partial charge is 0.341 e. The molecule has 0 fully saturated rings. The minimum Gasteiger partial charge on any atom is -0.493 e. The molecule has 0 heterocycles. The molecule has 0 amide bonds. The van der Waals surface area contributed by atoms with Crippen LogP contribution in [-0.2, 0) is 9.47 Å². The normalized spacial score (nSPS) is 10.7. The van der Waals surface area contributed by atoms with E-state index < -0.39 is 5.97 Å². The fourth-order valence-electron chi connectivity index (χ4n) is 2.42. The molecular weight excluding hydrogens is 348 g/mol. The molecule has 0 aliphatic carbocycles. The van der Waals surface area contributed by atoms with E-state index >= 15 is 0 Å². The van der Waals surface area contributed by atoms with E-state index in [2.05, 4.69) is 0 Å². The second-order valence-electron chi connectivity index (χ2n) is 5.47. The van der Waals surface area contributed by atoms with Crippen LogP contribution in [0.3, 0.4) is 0 Å². The molecule has 0 aliphatic heterocycles. The summed E-state index contributed by atoms with van der Waals surface area (Å²) >= 11 is 0. The molecule has 0 aromatic heterocycles. The van der Waals surface area contributed by atoms with Gasteiger partial charge in [-0.3, -0.25) is 0 Å². The average Bonchev–Trinajstić information content (AvgIpc) is 2.70. The second-order valence-corrected chi connectivity index (χ2v) is 5.47. The van der Waals surface area contributed by atoms with E-state index in [0.29, 0.717) is 22.8 Å². The lowest BCUT2D eigenvalue weighted by molar-refractivity contribution is 0.0438. The van der Waals surface area contributed by atoms with Crippen molar-refractivity contribution in [2.45, 2.75) is 6.92 Å². The zero-order valence-corrected chi connectivity index (χ0v) is 16.0. The van der Waals surface area contributed by atoms with E-state index in [-0.39, 0.29) is 13.4 Å². The molecule has 2 rings (SSSR count). The fourth-order valence-corrected chi connectivity index (χ4v) is 2.42. The number of methoxy groups -OCH3 is 3. The van der Waals surface area contributed by atoms with Crippen LogP contribution in [-0.4, -0.2) is 40.7 Å². The van der Waals surface area contributed by atoms with E-state index in [4.69, 9.17) is 23.7 Å². The Morgan fingerprint density at radius 2 is 1.52 bits per heavy atom. The lowest BCUT2D eigenvalue weighted by Crippen LogP contribution is -2.09. The number of rotatable bonds is 9. The highest BCUT2D eigenvalue weighted by Gasteiger charge is 2.14. The van der Waals surface area contributed by atoms with E-state index in [1.165, 1.54) is 7.11 Å². The van der Waals surface area contributed by atoms with Crippen molar-refractivity contribution in [2.75, 3.05) is 34.7 Å². The third kappa shape index (κ3) is 5.49. The summed E-state index contributed by atoms with van der Waals surface area (Å²) in [6, 6.07) is 10.9. The Morgan fingerprint density at radius 1 is 0.889 bits per heavy atom. The van der Waals surface area contributed by atoms with Gasteiger partial charge < -0.3 is 23.7 Å². The van der Waals surface area contributed by atoms with Crippen LogP contribution in [0.2, 0.25) is 0 Å². The van der Waals surface area contributed by atoms with Crippen molar-refractivity contribution < 1.29 is 28.5 Å². The SMILES string of the molecule is CCOC(=O)c1cc(/C=C/c2ccc(OC)c(OC)c2)ccc1OCOC. The number of hydrogen-bond donors (Lipinski definition) is 0. The van der Waals surface area contributed by atoms with Gasteiger partial charge in [0.15, 0.2) is 18.3 Å². The molecular formula is C21H24O6. The lowest BCUT2D eigenvalue weighted by atomic mass is 10.1. The van der Waals surface area contributed by atoms with Gasteiger partial charge in [0.25, 0.3) is 0 Å². The number of esters is 1. The van der Waals surface area contributed by atoms with Crippen LogP contribution in [0, 0.1) is 0 Å². The first kappa shape index (κ1) is 20.3. The van der Waals surface area contributed by atoms with Gasteiger partial charge in [0.1, 0.15) is 11.3 Å². The molecule has 0 saturated carbocycles. The van der Waals surface area contributed by atoms with Gasteiger partial charge in [-0.1, -0.05) is 24.3 Å². The van der Waals surface area contributed by atoms with Gasteiger partial charge in [-0.2, -0.15) is 0 Å². The van der Waals surface area contributed by atoms with Crippen molar-refractivity contribution in [3.63, 3.8) is 0 Å². The van der Waals surface area contributed by atoms with Crippen LogP contribution >= 0.6 is 0 Å². The highest BCUT2D eigenvalue weighted by atomic mass is 16.7. The monoisotopic (exact) mass is 372 g/mol. The predicted octanol–water partition coefficient (Wildman–Crippen LogP) is 4.03. The zero-order valence-electron chi connectivity index (χ0n) is 16.0. The molecule has 144 valence electrons. The zero-order chi connectivity index (χ0) is 19.6. The number of benzene rings is 2. The third-order valence-corrected chi connectivity index (χ3v) is 3.71. The number of carbonyl (C=O) groups excluding carboxylic acids is 1. The predicted molar refractivity (Wildman–Crippen MR) is 103 cm³/mol. The van der Waals surface area contributed by atoms with Crippen molar-refractivity contribution in [2.24, 2.45) is 0 Å². The summed E-state index contributed by atoms with van der Waals surface area (Å²) in [7, 11) is 4.71. The fraction of sp³-hybridized carbons (Fsp3) is 0.286. The van der Waals surface area contributed by atoms with Crippen LogP contribution in [0.15, 0.2) is 36.4 Å². The minimum atomic E-state index is -0.440. The Balaban J connectivity index is 2.28. The van der Waals surface area contributed by atoms with Gasteiger partial charge in [-0.25, -0.2) is 4.79 Å². The highest BCUT2D eigenvalue weighted by molar-refractivity contribution is 5.93. The summed E-state index contributed by atoms with van der Waals surface area (Å²) < 4.78 is 26.0. The van der Waals surface area contributed by atoms with Gasteiger partial charge in [0.05, 0.1) is 20.8 Å². The first-order valence-corrected chi connectivity index (χ1v) is 8.46. The Bertz CT molecular complexity index is 797. The summed E-state index contributed by atoms with van der Waals surface area (Å²) in [6.07, 6.45) is 3.81. The van der Waals surface area contributed by atoms with E-state index in [1.54, 1.807) is 33.3 Å². The molecule has 0 aliphatic rings. The largest absolute Gasteiger partial charge is 0.493 e. The number of hydrogen-bond acceptors (Lipinski definition) is 6. The maximum atomic E-state index is 12.2.